The average molecular weight is 347 g/mol. The van der Waals surface area contributed by atoms with Gasteiger partial charge in [-0.15, -0.1) is 0 Å². The van der Waals surface area contributed by atoms with Gasteiger partial charge in [-0.1, -0.05) is 26.3 Å². The summed E-state index contributed by atoms with van der Waals surface area (Å²) in [6.45, 7) is 9.00. The van der Waals surface area contributed by atoms with Crippen LogP contribution in [0.4, 0.5) is 0 Å². The van der Waals surface area contributed by atoms with Crippen LogP contribution in [0.1, 0.15) is 66.2 Å². The van der Waals surface area contributed by atoms with Crippen molar-refractivity contribution in [3.8, 4) is 0 Å². The summed E-state index contributed by atoms with van der Waals surface area (Å²) < 4.78 is 0. The maximum absolute atomic E-state index is 12.5. The maximum atomic E-state index is 12.5. The number of fused-ring (bicyclic) bond motifs is 5. The van der Waals surface area contributed by atoms with Gasteiger partial charge in [0.05, 0.1) is 12.7 Å². The van der Waals surface area contributed by atoms with Crippen molar-refractivity contribution in [2.45, 2.75) is 72.3 Å². The summed E-state index contributed by atoms with van der Waals surface area (Å²) in [5.74, 6) is 2.62. The Morgan fingerprint density at radius 1 is 1.12 bits per heavy atom. The Bertz CT molecular complexity index is 623. The molecule has 3 fully saturated rings. The van der Waals surface area contributed by atoms with E-state index in [1.807, 2.05) is 6.92 Å². The van der Waals surface area contributed by atoms with E-state index >= 15 is 0 Å². The molecule has 4 aliphatic carbocycles. The molecule has 4 rings (SSSR count). The molecule has 140 valence electrons. The fourth-order valence-electron chi connectivity index (χ4n) is 7.75. The van der Waals surface area contributed by atoms with E-state index in [0.29, 0.717) is 30.1 Å². The second kappa shape index (κ2) is 5.66. The van der Waals surface area contributed by atoms with E-state index in [4.69, 9.17) is 0 Å². The molecule has 0 heterocycles. The van der Waals surface area contributed by atoms with Gasteiger partial charge in [-0.3, -0.25) is 4.79 Å². The first-order valence-corrected chi connectivity index (χ1v) is 10.3. The van der Waals surface area contributed by atoms with Crippen LogP contribution in [-0.4, -0.2) is 28.7 Å². The predicted molar refractivity (Wildman–Crippen MR) is 97.8 cm³/mol. The molecule has 3 saturated carbocycles. The Kier molecular flexibility index (Phi) is 4.01. The normalized spacial score (nSPS) is 52.6. The van der Waals surface area contributed by atoms with Crippen molar-refractivity contribution >= 4 is 5.78 Å². The molecule has 2 N–H and O–H groups in total. The van der Waals surface area contributed by atoms with E-state index in [2.05, 4.69) is 20.8 Å². The quantitative estimate of drug-likeness (QED) is 0.760. The van der Waals surface area contributed by atoms with Crippen LogP contribution in [0.2, 0.25) is 0 Å². The number of rotatable bonds is 1. The second-order valence-corrected chi connectivity index (χ2v) is 9.94. The fourth-order valence-corrected chi connectivity index (χ4v) is 7.75. The highest BCUT2D eigenvalue weighted by Gasteiger charge is 2.63. The highest BCUT2D eigenvalue weighted by Crippen LogP contribution is 2.67. The van der Waals surface area contributed by atoms with Crippen molar-refractivity contribution in [2.24, 2.45) is 40.4 Å². The topological polar surface area (TPSA) is 57.5 Å². The molecule has 0 spiro atoms. The zero-order chi connectivity index (χ0) is 18.1. The van der Waals surface area contributed by atoms with Gasteiger partial charge in [-0.2, -0.15) is 0 Å². The van der Waals surface area contributed by atoms with Gasteiger partial charge >= 0.3 is 0 Å². The molecule has 3 unspecified atom stereocenters. The lowest BCUT2D eigenvalue weighted by atomic mass is 9.42. The van der Waals surface area contributed by atoms with E-state index in [1.165, 1.54) is 5.57 Å². The Morgan fingerprint density at radius 2 is 1.84 bits per heavy atom. The summed E-state index contributed by atoms with van der Waals surface area (Å²) in [5, 5.41) is 21.3. The lowest BCUT2D eigenvalue weighted by molar-refractivity contribution is -0.134. The molecule has 0 amide bonds. The Labute approximate surface area is 151 Å². The second-order valence-electron chi connectivity index (χ2n) is 9.94. The molecule has 0 aliphatic heterocycles. The summed E-state index contributed by atoms with van der Waals surface area (Å²) >= 11 is 0. The molecule has 0 radical (unpaired) electrons. The van der Waals surface area contributed by atoms with Gasteiger partial charge in [-0.25, -0.2) is 0 Å². The number of carbonyl (C=O) groups is 1. The Hall–Kier alpha value is -0.670. The zero-order valence-electron chi connectivity index (χ0n) is 16.2. The van der Waals surface area contributed by atoms with Crippen LogP contribution in [0.3, 0.4) is 0 Å². The molecule has 0 aromatic carbocycles. The first-order valence-electron chi connectivity index (χ1n) is 10.3. The van der Waals surface area contributed by atoms with Crippen LogP contribution in [0.25, 0.3) is 0 Å². The number of hydrogen-bond acceptors (Lipinski definition) is 3. The van der Waals surface area contributed by atoms with Gasteiger partial charge in [0, 0.05) is 11.8 Å². The van der Waals surface area contributed by atoms with E-state index in [0.717, 1.165) is 37.7 Å². The number of carbonyl (C=O) groups excluding carboxylic acids is 1. The largest absolute Gasteiger partial charge is 0.395 e. The van der Waals surface area contributed by atoms with Crippen molar-refractivity contribution < 1.29 is 15.0 Å². The maximum Gasteiger partial charge on any atom is 0.158 e. The third-order valence-electron chi connectivity index (χ3n) is 9.19. The Balaban J connectivity index is 1.83. The first-order chi connectivity index (χ1) is 11.8. The minimum Gasteiger partial charge on any atom is -0.395 e. The number of aliphatic hydroxyl groups is 2. The van der Waals surface area contributed by atoms with Crippen LogP contribution >= 0.6 is 0 Å². The van der Waals surface area contributed by atoms with Gasteiger partial charge in [0.1, 0.15) is 0 Å². The lowest BCUT2D eigenvalue weighted by Gasteiger charge is -2.62. The van der Waals surface area contributed by atoms with Crippen molar-refractivity contribution in [3.63, 3.8) is 0 Å². The third kappa shape index (κ3) is 2.09. The standard InChI is InChI=1S/C22H34O3/c1-12-9-17-14(3)18(24)10-13(2)22(17,11-23)16-7-8-21(4)15(20(12)16)5-6-19(21)25/h12-13,15-16,19-20,23,25H,5-11H2,1-4H3/t12?,13?,15-,16+,19?,20-,21-,22+/m0/s1. The summed E-state index contributed by atoms with van der Waals surface area (Å²) in [4.78, 5) is 12.5. The molecule has 8 atom stereocenters. The molecule has 3 heteroatoms. The van der Waals surface area contributed by atoms with Gasteiger partial charge in [-0.05, 0) is 79.6 Å². The van der Waals surface area contributed by atoms with Crippen LogP contribution in [0, 0.1) is 40.4 Å². The van der Waals surface area contributed by atoms with Crippen molar-refractivity contribution in [1.82, 2.24) is 0 Å². The zero-order valence-corrected chi connectivity index (χ0v) is 16.2. The minimum absolute atomic E-state index is 0.0516. The van der Waals surface area contributed by atoms with E-state index < -0.39 is 0 Å². The molecular weight excluding hydrogens is 312 g/mol. The molecule has 25 heavy (non-hydrogen) atoms. The number of ketones is 1. The summed E-state index contributed by atoms with van der Waals surface area (Å²) in [6.07, 6.45) is 5.55. The highest BCUT2D eigenvalue weighted by atomic mass is 16.3. The highest BCUT2D eigenvalue weighted by molar-refractivity contribution is 5.97. The van der Waals surface area contributed by atoms with Crippen LogP contribution in [0.15, 0.2) is 11.1 Å². The van der Waals surface area contributed by atoms with Crippen molar-refractivity contribution in [3.05, 3.63) is 11.1 Å². The van der Waals surface area contributed by atoms with Crippen molar-refractivity contribution in [1.29, 1.82) is 0 Å². The summed E-state index contributed by atoms with van der Waals surface area (Å²) in [6, 6.07) is 0. The van der Waals surface area contributed by atoms with Gasteiger partial charge in [0.15, 0.2) is 5.78 Å². The molecule has 3 nitrogen and oxygen atoms in total. The number of hydrogen-bond donors (Lipinski definition) is 2. The first kappa shape index (κ1) is 17.7. The van der Waals surface area contributed by atoms with Crippen LogP contribution < -0.4 is 0 Å². The van der Waals surface area contributed by atoms with E-state index in [1.54, 1.807) is 0 Å². The van der Waals surface area contributed by atoms with Crippen molar-refractivity contribution in [2.75, 3.05) is 6.61 Å². The minimum atomic E-state index is -0.204. The molecule has 4 aliphatic rings. The predicted octanol–water partition coefficient (Wildman–Crippen LogP) is 3.73. The van der Waals surface area contributed by atoms with Gasteiger partial charge in [0.2, 0.25) is 0 Å². The average Bonchev–Trinajstić information content (AvgIpc) is 2.88. The SMILES string of the molecule is CC1=C2CC(C)[C@@H]3[C@@H](CC[C@]4(C)C(O)CC[C@@H]34)[C@@]2(CO)C(C)CC1=O. The van der Waals surface area contributed by atoms with Crippen LogP contribution in [0.5, 0.6) is 0 Å². The third-order valence-corrected chi connectivity index (χ3v) is 9.19. The number of aliphatic hydroxyl groups excluding tert-OH is 2. The van der Waals surface area contributed by atoms with Crippen LogP contribution in [-0.2, 0) is 4.79 Å². The molecule has 0 aromatic rings. The molecule has 0 bridgehead atoms. The molecule has 0 aromatic heterocycles. The lowest BCUT2D eigenvalue weighted by Crippen LogP contribution is -2.58. The van der Waals surface area contributed by atoms with E-state index in [-0.39, 0.29) is 35.2 Å². The van der Waals surface area contributed by atoms with E-state index in [9.17, 15) is 15.0 Å². The Morgan fingerprint density at radius 3 is 2.52 bits per heavy atom. The fraction of sp³-hybridized carbons (Fsp3) is 0.864. The smallest absolute Gasteiger partial charge is 0.158 e. The van der Waals surface area contributed by atoms with Gasteiger partial charge in [0.25, 0.3) is 0 Å². The molecule has 0 saturated heterocycles. The summed E-state index contributed by atoms with van der Waals surface area (Å²) in [7, 11) is 0. The van der Waals surface area contributed by atoms with Gasteiger partial charge < -0.3 is 10.2 Å². The monoisotopic (exact) mass is 346 g/mol. The molecular formula is C22H34O3. The number of Topliss-reactive ketones (excluding diaryl/α,β-unsaturated/α-hetero) is 1. The summed E-state index contributed by atoms with van der Waals surface area (Å²) in [5.41, 5.74) is 2.06.